The molecule has 3 aromatic rings. The van der Waals surface area contributed by atoms with E-state index < -0.39 is 21.9 Å². The minimum absolute atomic E-state index is 0.0125. The van der Waals surface area contributed by atoms with Gasteiger partial charge in [-0.05, 0) is 54.6 Å². The maximum absolute atomic E-state index is 12.4. The Morgan fingerprint density at radius 2 is 1.59 bits per heavy atom. The Balaban J connectivity index is 1.73. The fourth-order valence-corrected chi connectivity index (χ4v) is 3.52. The number of esters is 1. The van der Waals surface area contributed by atoms with Crippen molar-refractivity contribution in [3.05, 3.63) is 84.2 Å². The van der Waals surface area contributed by atoms with Gasteiger partial charge in [-0.1, -0.05) is 6.07 Å². The van der Waals surface area contributed by atoms with Crippen molar-refractivity contribution in [1.29, 1.82) is 0 Å². The molecule has 0 aliphatic heterocycles. The molecule has 0 atom stereocenters. The highest BCUT2D eigenvalue weighted by Gasteiger charge is 2.15. The second-order valence-corrected chi connectivity index (χ2v) is 7.57. The molecule has 1 heterocycles. The highest BCUT2D eigenvalue weighted by atomic mass is 32.2. The van der Waals surface area contributed by atoms with E-state index in [9.17, 15) is 18.0 Å². The summed E-state index contributed by atoms with van der Waals surface area (Å²) in [7, 11) is -2.52. The molecular formula is C20H17N3O5S. The number of ether oxygens (including phenoxy) is 1. The number of carbonyl (C=O) groups excluding carboxylic acids is 2. The van der Waals surface area contributed by atoms with Gasteiger partial charge in [0.1, 0.15) is 0 Å². The van der Waals surface area contributed by atoms with Crippen LogP contribution in [0.4, 0.5) is 11.4 Å². The lowest BCUT2D eigenvalue weighted by Gasteiger charge is -2.09. The molecule has 0 fully saturated rings. The molecule has 2 aromatic carbocycles. The van der Waals surface area contributed by atoms with Gasteiger partial charge in [-0.15, -0.1) is 0 Å². The van der Waals surface area contributed by atoms with Crippen molar-refractivity contribution in [3.8, 4) is 0 Å². The zero-order valence-corrected chi connectivity index (χ0v) is 16.1. The fraction of sp³-hybridized carbons (Fsp3) is 0.0500. The van der Waals surface area contributed by atoms with Gasteiger partial charge in [0.2, 0.25) is 0 Å². The third-order valence-electron chi connectivity index (χ3n) is 3.90. The first-order valence-electron chi connectivity index (χ1n) is 8.42. The van der Waals surface area contributed by atoms with Crippen LogP contribution in [-0.4, -0.2) is 32.4 Å². The summed E-state index contributed by atoms with van der Waals surface area (Å²) in [5.41, 5.74) is 1.35. The fourth-order valence-electron chi connectivity index (χ4n) is 2.46. The van der Waals surface area contributed by atoms with Crippen LogP contribution in [0.5, 0.6) is 0 Å². The number of hydrogen-bond acceptors (Lipinski definition) is 6. The van der Waals surface area contributed by atoms with E-state index in [1.54, 1.807) is 18.2 Å². The minimum atomic E-state index is -3.79. The van der Waals surface area contributed by atoms with E-state index in [1.807, 2.05) is 0 Å². The number of hydrogen-bond donors (Lipinski definition) is 2. The molecule has 3 rings (SSSR count). The lowest BCUT2D eigenvalue weighted by atomic mass is 10.1. The van der Waals surface area contributed by atoms with Gasteiger partial charge in [-0.2, -0.15) is 0 Å². The van der Waals surface area contributed by atoms with E-state index in [1.165, 1.54) is 62.0 Å². The van der Waals surface area contributed by atoms with Crippen LogP contribution in [0, 0.1) is 0 Å². The van der Waals surface area contributed by atoms with E-state index in [0.717, 1.165) is 0 Å². The van der Waals surface area contributed by atoms with Crippen LogP contribution in [0.15, 0.2) is 78.0 Å². The molecule has 29 heavy (non-hydrogen) atoms. The number of carbonyl (C=O) groups is 2. The number of rotatable bonds is 6. The maximum Gasteiger partial charge on any atom is 0.337 e. The molecule has 0 spiro atoms. The molecule has 9 heteroatoms. The Labute approximate surface area is 167 Å². The molecule has 0 unspecified atom stereocenters. The average molecular weight is 411 g/mol. The van der Waals surface area contributed by atoms with Crippen molar-refractivity contribution in [2.75, 3.05) is 17.1 Å². The molecule has 0 aliphatic carbocycles. The summed E-state index contributed by atoms with van der Waals surface area (Å²) in [6, 6.07) is 14.8. The van der Waals surface area contributed by atoms with Crippen LogP contribution in [0.3, 0.4) is 0 Å². The van der Waals surface area contributed by atoms with Crippen molar-refractivity contribution in [2.45, 2.75) is 4.90 Å². The summed E-state index contributed by atoms with van der Waals surface area (Å²) >= 11 is 0. The Morgan fingerprint density at radius 3 is 2.24 bits per heavy atom. The van der Waals surface area contributed by atoms with Crippen LogP contribution in [0.2, 0.25) is 0 Å². The number of pyridine rings is 1. The summed E-state index contributed by atoms with van der Waals surface area (Å²) in [5, 5.41) is 2.66. The predicted molar refractivity (Wildman–Crippen MR) is 107 cm³/mol. The second kappa shape index (κ2) is 8.53. The number of nitrogens with zero attached hydrogens (tertiary/aromatic N) is 1. The monoisotopic (exact) mass is 411 g/mol. The van der Waals surface area contributed by atoms with Gasteiger partial charge in [0.15, 0.2) is 0 Å². The van der Waals surface area contributed by atoms with Crippen molar-refractivity contribution in [1.82, 2.24) is 4.98 Å². The third-order valence-corrected chi connectivity index (χ3v) is 5.30. The SMILES string of the molecule is COC(=O)c1cccc(NC(=O)c2ccc(S(=O)(=O)Nc3ccncc3)cc2)c1. The topological polar surface area (TPSA) is 114 Å². The van der Waals surface area contributed by atoms with Crippen molar-refractivity contribution in [3.63, 3.8) is 0 Å². The normalized spacial score (nSPS) is 10.8. The highest BCUT2D eigenvalue weighted by Crippen LogP contribution is 2.17. The number of sulfonamides is 1. The highest BCUT2D eigenvalue weighted by molar-refractivity contribution is 7.92. The molecule has 0 saturated carbocycles. The molecule has 8 nitrogen and oxygen atoms in total. The minimum Gasteiger partial charge on any atom is -0.465 e. The first-order valence-corrected chi connectivity index (χ1v) is 9.90. The van der Waals surface area contributed by atoms with E-state index in [0.29, 0.717) is 16.9 Å². The van der Waals surface area contributed by atoms with Gasteiger partial charge in [-0.25, -0.2) is 13.2 Å². The maximum atomic E-state index is 12.4. The summed E-state index contributed by atoms with van der Waals surface area (Å²) < 4.78 is 31.9. The lowest BCUT2D eigenvalue weighted by Crippen LogP contribution is -2.15. The number of benzene rings is 2. The standard InChI is InChI=1S/C20H17N3O5S/c1-28-20(25)15-3-2-4-17(13-15)22-19(24)14-5-7-18(8-6-14)29(26,27)23-16-9-11-21-12-10-16/h2-13H,1H3,(H,21,23)(H,22,24). The number of anilines is 2. The van der Waals surface area contributed by atoms with Crippen LogP contribution in [0.1, 0.15) is 20.7 Å². The van der Waals surface area contributed by atoms with Crippen molar-refractivity contribution < 1.29 is 22.7 Å². The molecule has 0 bridgehead atoms. The molecule has 1 amide bonds. The Bertz CT molecular complexity index is 1130. The van der Waals surface area contributed by atoms with Gasteiger partial charge in [-0.3, -0.25) is 14.5 Å². The van der Waals surface area contributed by atoms with Crippen LogP contribution in [0.25, 0.3) is 0 Å². The summed E-state index contributed by atoms with van der Waals surface area (Å²) in [6.07, 6.45) is 2.95. The zero-order valence-electron chi connectivity index (χ0n) is 15.3. The molecule has 0 saturated heterocycles. The van der Waals surface area contributed by atoms with Gasteiger partial charge >= 0.3 is 5.97 Å². The molecule has 1 aromatic heterocycles. The van der Waals surface area contributed by atoms with Gasteiger partial charge < -0.3 is 10.1 Å². The number of aromatic nitrogens is 1. The van der Waals surface area contributed by atoms with Crippen molar-refractivity contribution in [2.24, 2.45) is 0 Å². The molecule has 0 aliphatic rings. The number of nitrogens with one attached hydrogen (secondary N) is 2. The molecule has 0 radical (unpaired) electrons. The zero-order chi connectivity index (χ0) is 20.9. The van der Waals surface area contributed by atoms with Gasteiger partial charge in [0.05, 0.1) is 23.3 Å². The molecule has 148 valence electrons. The quantitative estimate of drug-likeness (QED) is 0.603. The number of methoxy groups -OCH3 is 1. The smallest absolute Gasteiger partial charge is 0.337 e. The summed E-state index contributed by atoms with van der Waals surface area (Å²) in [5.74, 6) is -0.963. The Morgan fingerprint density at radius 1 is 0.897 bits per heavy atom. The molecule has 2 N–H and O–H groups in total. The Kier molecular flexibility index (Phi) is 5.89. The Hall–Kier alpha value is -3.72. The summed E-state index contributed by atoms with van der Waals surface area (Å²) in [6.45, 7) is 0. The van der Waals surface area contributed by atoms with Crippen molar-refractivity contribution >= 4 is 33.3 Å². The van der Waals surface area contributed by atoms with E-state index in [-0.39, 0.29) is 10.5 Å². The van der Waals surface area contributed by atoms with Gasteiger partial charge in [0, 0.05) is 23.6 Å². The largest absolute Gasteiger partial charge is 0.465 e. The first-order chi connectivity index (χ1) is 13.9. The van der Waals surface area contributed by atoms with E-state index >= 15 is 0 Å². The van der Waals surface area contributed by atoms with E-state index in [2.05, 4.69) is 19.8 Å². The van der Waals surface area contributed by atoms with Crippen LogP contribution >= 0.6 is 0 Å². The first kappa shape index (κ1) is 20.0. The predicted octanol–water partition coefficient (Wildman–Crippen LogP) is 2.92. The number of amides is 1. The van der Waals surface area contributed by atoms with E-state index in [4.69, 9.17) is 0 Å². The van der Waals surface area contributed by atoms with Gasteiger partial charge in [0.25, 0.3) is 15.9 Å². The molecular weight excluding hydrogens is 394 g/mol. The average Bonchev–Trinajstić information content (AvgIpc) is 2.74. The third kappa shape index (κ3) is 4.96. The second-order valence-electron chi connectivity index (χ2n) is 5.89. The lowest BCUT2D eigenvalue weighted by molar-refractivity contribution is 0.0600. The van der Waals surface area contributed by atoms with Crippen LogP contribution in [-0.2, 0) is 14.8 Å². The van der Waals surface area contributed by atoms with Crippen LogP contribution < -0.4 is 10.0 Å². The summed E-state index contributed by atoms with van der Waals surface area (Å²) in [4.78, 5) is 27.8.